The molecule has 0 atom stereocenters. The van der Waals surface area contributed by atoms with Crippen molar-refractivity contribution in [1.82, 2.24) is 19.6 Å². The predicted octanol–water partition coefficient (Wildman–Crippen LogP) is 5.51. The fourth-order valence-corrected chi connectivity index (χ4v) is 4.60. The van der Waals surface area contributed by atoms with Crippen molar-refractivity contribution in [2.45, 2.75) is 26.9 Å². The molecule has 10 nitrogen and oxygen atoms in total. The first-order chi connectivity index (χ1) is 20.3. The summed E-state index contributed by atoms with van der Waals surface area (Å²) in [6.07, 6.45) is -2.85. The number of hydrogen-bond donors (Lipinski definition) is 2. The molecule has 0 radical (unpaired) electrons. The van der Waals surface area contributed by atoms with Crippen LogP contribution in [0.3, 0.4) is 0 Å². The molecule has 0 bridgehead atoms. The maximum absolute atomic E-state index is 14.2. The number of rotatable bonds is 5. The van der Waals surface area contributed by atoms with Gasteiger partial charge in [-0.1, -0.05) is 23.2 Å². The summed E-state index contributed by atoms with van der Waals surface area (Å²) in [6.45, 7) is 4.27. The molecular weight excluding hydrogens is 682 g/mol. The summed E-state index contributed by atoms with van der Waals surface area (Å²) in [7, 11) is -3.83. The average molecular weight is 702 g/mol. The highest BCUT2D eigenvalue weighted by Gasteiger charge is 2.34. The van der Waals surface area contributed by atoms with Crippen LogP contribution in [0.1, 0.15) is 22.3 Å². The van der Waals surface area contributed by atoms with Gasteiger partial charge in [0.1, 0.15) is 16.6 Å². The summed E-state index contributed by atoms with van der Waals surface area (Å²) in [4.78, 5) is 24.2. The van der Waals surface area contributed by atoms with Gasteiger partial charge in [-0.25, -0.2) is 17.2 Å². The zero-order valence-corrected chi connectivity index (χ0v) is 25.7. The van der Waals surface area contributed by atoms with E-state index in [-0.39, 0.29) is 32.8 Å². The Hall–Kier alpha value is -3.73. The molecule has 0 fully saturated rings. The molecule has 44 heavy (non-hydrogen) atoms. The van der Waals surface area contributed by atoms with Gasteiger partial charge in [-0.3, -0.25) is 14.3 Å². The van der Waals surface area contributed by atoms with Crippen molar-refractivity contribution in [3.8, 4) is 11.4 Å². The van der Waals surface area contributed by atoms with E-state index in [1.807, 2.05) is 0 Å². The van der Waals surface area contributed by atoms with E-state index < -0.39 is 55.3 Å². The molecule has 4 aromatic rings. The zero-order valence-electron chi connectivity index (χ0n) is 22.6. The fraction of sp³-hybridized carbons (Fsp3) is 0.200. The van der Waals surface area contributed by atoms with Crippen LogP contribution in [-0.2, 0) is 16.2 Å². The standard InChI is InChI=1S/C13H12Cl2FN3O3S.C12H8ClF4N3O/c1-7-5-17-19(13(20)8(7)2)12-4-11(9(15)3-10(12)16)18-23(21,22)6-14;1-5-6(12(15,16)17)4-19-20(11(5)21)10-3-9(18)7(13)2-8(10)14/h3-5,18H,6H2,1-2H3;2-4H,18H2,1H3. The number of nitrogens with zero attached hydrogens (tertiary/aromatic N) is 4. The molecule has 0 aliphatic carbocycles. The third-order valence-electron chi connectivity index (χ3n) is 5.96. The SMILES string of the molecule is Cc1c(C(F)(F)F)cnn(-c2cc(N)c(Cl)cc2F)c1=O.Cc1cnn(-c2cc(NS(=O)(=O)CCl)c(Cl)cc2F)c(=O)c1C. The minimum atomic E-state index is -4.72. The van der Waals surface area contributed by atoms with Gasteiger partial charge in [0.2, 0.25) is 10.0 Å². The largest absolute Gasteiger partial charge is 0.418 e. The zero-order chi connectivity index (χ0) is 33.3. The topological polar surface area (TPSA) is 142 Å². The van der Waals surface area contributed by atoms with E-state index in [1.165, 1.54) is 6.20 Å². The Bertz CT molecular complexity index is 1990. The molecule has 236 valence electrons. The van der Waals surface area contributed by atoms with Crippen molar-refractivity contribution in [3.05, 3.63) is 101 Å². The second-order valence-electron chi connectivity index (χ2n) is 9.00. The lowest BCUT2D eigenvalue weighted by molar-refractivity contribution is -0.138. The molecule has 4 rings (SSSR count). The first kappa shape index (κ1) is 34.8. The minimum Gasteiger partial charge on any atom is -0.397 e. The molecule has 0 aliphatic rings. The number of nitrogen functional groups attached to an aromatic ring is 1. The molecule has 2 aromatic carbocycles. The van der Waals surface area contributed by atoms with Crippen molar-refractivity contribution < 1.29 is 30.4 Å². The van der Waals surface area contributed by atoms with E-state index in [4.69, 9.17) is 40.5 Å². The number of alkyl halides is 4. The molecule has 0 unspecified atom stereocenters. The molecule has 0 saturated carbocycles. The van der Waals surface area contributed by atoms with Crippen LogP contribution in [0.2, 0.25) is 10.0 Å². The Balaban J connectivity index is 0.000000241. The summed E-state index contributed by atoms with van der Waals surface area (Å²) >= 11 is 16.8. The Labute approximate surface area is 260 Å². The van der Waals surface area contributed by atoms with Gasteiger partial charge < -0.3 is 5.73 Å². The number of nitrogens with two attached hydrogens (primary N) is 1. The van der Waals surface area contributed by atoms with Crippen LogP contribution in [0.25, 0.3) is 11.4 Å². The van der Waals surface area contributed by atoms with E-state index >= 15 is 0 Å². The maximum Gasteiger partial charge on any atom is 0.418 e. The van der Waals surface area contributed by atoms with Crippen molar-refractivity contribution in [2.24, 2.45) is 0 Å². The van der Waals surface area contributed by atoms with Gasteiger partial charge in [-0.15, -0.1) is 11.6 Å². The molecule has 0 aliphatic heterocycles. The van der Waals surface area contributed by atoms with Crippen LogP contribution in [0.15, 0.2) is 46.2 Å². The Morgan fingerprint density at radius 2 is 1.36 bits per heavy atom. The van der Waals surface area contributed by atoms with Crippen LogP contribution in [0, 0.1) is 32.4 Å². The van der Waals surface area contributed by atoms with Gasteiger partial charge in [0.05, 0.1) is 39.4 Å². The third kappa shape index (κ3) is 7.49. The number of sulfonamides is 1. The molecular formula is C25H20Cl3F5N6O4S. The Kier molecular flexibility index (Phi) is 10.3. The summed E-state index contributed by atoms with van der Waals surface area (Å²) in [5.74, 6) is -1.75. The number of anilines is 2. The van der Waals surface area contributed by atoms with Gasteiger partial charge in [0, 0.05) is 11.1 Å². The number of hydrogen-bond acceptors (Lipinski definition) is 7. The van der Waals surface area contributed by atoms with Gasteiger partial charge in [-0.2, -0.15) is 32.7 Å². The number of nitrogens with one attached hydrogen (secondary N) is 1. The first-order valence-electron chi connectivity index (χ1n) is 11.8. The van der Waals surface area contributed by atoms with Gasteiger partial charge >= 0.3 is 6.18 Å². The number of aromatic nitrogens is 4. The monoisotopic (exact) mass is 700 g/mol. The van der Waals surface area contributed by atoms with Crippen LogP contribution >= 0.6 is 34.8 Å². The molecule has 19 heteroatoms. The predicted molar refractivity (Wildman–Crippen MR) is 156 cm³/mol. The highest BCUT2D eigenvalue weighted by atomic mass is 35.5. The number of aryl methyl sites for hydroxylation is 1. The second kappa shape index (κ2) is 13.1. The van der Waals surface area contributed by atoms with E-state index in [0.29, 0.717) is 22.0 Å². The highest BCUT2D eigenvalue weighted by Crippen LogP contribution is 2.31. The van der Waals surface area contributed by atoms with Crippen LogP contribution in [-0.4, -0.2) is 33.2 Å². The lowest BCUT2D eigenvalue weighted by Gasteiger charge is -2.12. The van der Waals surface area contributed by atoms with E-state index in [9.17, 15) is 40.0 Å². The average Bonchev–Trinajstić information content (AvgIpc) is 2.93. The summed E-state index contributed by atoms with van der Waals surface area (Å²) < 4.78 is 92.5. The second-order valence-corrected chi connectivity index (χ2v) is 12.1. The molecule has 0 spiro atoms. The van der Waals surface area contributed by atoms with Gasteiger partial charge in [0.15, 0.2) is 11.6 Å². The van der Waals surface area contributed by atoms with Crippen molar-refractivity contribution in [1.29, 1.82) is 0 Å². The number of halogens is 8. The van der Waals surface area contributed by atoms with Crippen LogP contribution in [0.5, 0.6) is 0 Å². The van der Waals surface area contributed by atoms with E-state index in [0.717, 1.165) is 35.9 Å². The Morgan fingerprint density at radius 3 is 1.91 bits per heavy atom. The lowest BCUT2D eigenvalue weighted by atomic mass is 10.2. The quantitative estimate of drug-likeness (QED) is 0.159. The van der Waals surface area contributed by atoms with Gasteiger partial charge in [-0.05, 0) is 50.6 Å². The van der Waals surface area contributed by atoms with Crippen molar-refractivity contribution in [2.75, 3.05) is 15.7 Å². The van der Waals surface area contributed by atoms with Crippen molar-refractivity contribution >= 4 is 56.2 Å². The molecule has 3 N–H and O–H groups in total. The third-order valence-corrected chi connectivity index (χ3v) is 8.28. The lowest BCUT2D eigenvalue weighted by Crippen LogP contribution is -2.28. The summed E-state index contributed by atoms with van der Waals surface area (Å²) in [6, 6.07) is 3.86. The first-order valence-corrected chi connectivity index (χ1v) is 14.8. The molecule has 0 saturated heterocycles. The molecule has 0 amide bonds. The highest BCUT2D eigenvalue weighted by molar-refractivity contribution is 7.93. The minimum absolute atomic E-state index is 0.0284. The summed E-state index contributed by atoms with van der Waals surface area (Å²) in [5.41, 5.74) is 2.44. The van der Waals surface area contributed by atoms with Crippen LogP contribution in [0.4, 0.5) is 33.3 Å². The molecule has 2 aromatic heterocycles. The van der Waals surface area contributed by atoms with Gasteiger partial charge in [0.25, 0.3) is 11.1 Å². The van der Waals surface area contributed by atoms with E-state index in [2.05, 4.69) is 14.9 Å². The smallest absolute Gasteiger partial charge is 0.397 e. The fourth-order valence-electron chi connectivity index (χ4n) is 3.48. The Morgan fingerprint density at radius 1 is 0.864 bits per heavy atom. The van der Waals surface area contributed by atoms with Crippen LogP contribution < -0.4 is 21.6 Å². The number of benzene rings is 2. The summed E-state index contributed by atoms with van der Waals surface area (Å²) in [5, 5.41) is 6.29. The normalized spacial score (nSPS) is 11.6. The maximum atomic E-state index is 14.2. The molecule has 2 heterocycles. The van der Waals surface area contributed by atoms with E-state index in [1.54, 1.807) is 13.8 Å². The van der Waals surface area contributed by atoms with Crippen molar-refractivity contribution in [3.63, 3.8) is 0 Å².